The van der Waals surface area contributed by atoms with Crippen LogP contribution in [-0.4, -0.2) is 19.3 Å². The topological polar surface area (TPSA) is 12.0 Å². The highest BCUT2D eigenvalue weighted by atomic mass is 35.5. The summed E-state index contributed by atoms with van der Waals surface area (Å²) in [4.78, 5) is 0. The molecule has 1 nitrogen and oxygen atoms in total. The highest BCUT2D eigenvalue weighted by Crippen LogP contribution is 2.23. The average Bonchev–Trinajstić information content (AvgIpc) is 2.15. The van der Waals surface area contributed by atoms with Gasteiger partial charge in [0.25, 0.3) is 0 Å². The lowest BCUT2D eigenvalue weighted by Crippen LogP contribution is -2.41. The fourth-order valence-corrected chi connectivity index (χ4v) is 1.36. The van der Waals surface area contributed by atoms with E-state index in [0.717, 1.165) is 0 Å². The molecule has 0 saturated carbocycles. The molecule has 15 heavy (non-hydrogen) atoms. The molecule has 1 N–H and O–H groups in total. The summed E-state index contributed by atoms with van der Waals surface area (Å²) in [6.07, 6.45) is -4.31. The first-order valence-corrected chi connectivity index (χ1v) is 4.79. The van der Waals surface area contributed by atoms with Crippen LogP contribution in [0.1, 0.15) is 5.56 Å². The maximum Gasteiger partial charge on any atom is 0.404 e. The molecule has 1 unspecified atom stereocenters. The van der Waals surface area contributed by atoms with E-state index >= 15 is 0 Å². The summed E-state index contributed by atoms with van der Waals surface area (Å²) in [6, 6.07) is 4.84. The van der Waals surface area contributed by atoms with E-state index in [1.54, 1.807) is 24.3 Å². The molecule has 84 valence electrons. The van der Waals surface area contributed by atoms with Crippen molar-refractivity contribution in [2.75, 3.05) is 7.05 Å². The fraction of sp³-hybridized carbons (Fsp3) is 0.400. The van der Waals surface area contributed by atoms with Gasteiger partial charge in [-0.25, -0.2) is 0 Å². The molecule has 0 spiro atoms. The summed E-state index contributed by atoms with van der Waals surface area (Å²) < 4.78 is 37.2. The molecule has 0 radical (unpaired) electrons. The molecule has 1 rings (SSSR count). The normalized spacial score (nSPS) is 13.9. The summed E-state index contributed by atoms with van der Waals surface area (Å²) in [5.74, 6) is 0. The van der Waals surface area contributed by atoms with Gasteiger partial charge in [0, 0.05) is 5.02 Å². The largest absolute Gasteiger partial charge is 0.404 e. The van der Waals surface area contributed by atoms with E-state index in [1.165, 1.54) is 7.05 Å². The van der Waals surface area contributed by atoms with Crippen molar-refractivity contribution in [2.45, 2.75) is 18.6 Å². The van der Waals surface area contributed by atoms with Gasteiger partial charge in [0.2, 0.25) is 0 Å². The van der Waals surface area contributed by atoms with E-state index in [4.69, 9.17) is 11.6 Å². The maximum absolute atomic E-state index is 12.4. The smallest absolute Gasteiger partial charge is 0.309 e. The molecule has 0 saturated heterocycles. The first kappa shape index (κ1) is 12.3. The zero-order valence-electron chi connectivity index (χ0n) is 8.11. The quantitative estimate of drug-likeness (QED) is 0.852. The lowest BCUT2D eigenvalue weighted by molar-refractivity contribution is -0.154. The van der Waals surface area contributed by atoms with Gasteiger partial charge in [0.05, 0.1) is 0 Å². The lowest BCUT2D eigenvalue weighted by Gasteiger charge is -2.19. The Hall–Kier alpha value is -0.740. The van der Waals surface area contributed by atoms with Crippen molar-refractivity contribution in [1.82, 2.24) is 5.32 Å². The van der Waals surface area contributed by atoms with Gasteiger partial charge in [0.1, 0.15) is 6.04 Å². The van der Waals surface area contributed by atoms with Gasteiger partial charge < -0.3 is 5.32 Å². The fourth-order valence-electron chi connectivity index (χ4n) is 1.24. The molecule has 0 aliphatic heterocycles. The van der Waals surface area contributed by atoms with Crippen LogP contribution < -0.4 is 5.32 Å². The Kier molecular flexibility index (Phi) is 3.99. The monoisotopic (exact) mass is 237 g/mol. The Bertz CT molecular complexity index is 307. The Labute approximate surface area is 91.2 Å². The van der Waals surface area contributed by atoms with Crippen LogP contribution in [0, 0.1) is 0 Å². The summed E-state index contributed by atoms with van der Waals surface area (Å²) in [7, 11) is 1.30. The third-order valence-electron chi connectivity index (χ3n) is 2.10. The van der Waals surface area contributed by atoms with Gasteiger partial charge >= 0.3 is 6.18 Å². The molecular formula is C10H11ClF3N. The zero-order valence-corrected chi connectivity index (χ0v) is 8.86. The van der Waals surface area contributed by atoms with Gasteiger partial charge in [-0.05, 0) is 31.2 Å². The van der Waals surface area contributed by atoms with Crippen LogP contribution in [-0.2, 0) is 6.42 Å². The summed E-state index contributed by atoms with van der Waals surface area (Å²) >= 11 is 5.63. The average molecular weight is 238 g/mol. The Morgan fingerprint density at radius 2 is 1.80 bits per heavy atom. The third kappa shape index (κ3) is 3.72. The van der Waals surface area contributed by atoms with Gasteiger partial charge in [-0.15, -0.1) is 0 Å². The number of benzene rings is 1. The van der Waals surface area contributed by atoms with E-state index in [2.05, 4.69) is 5.32 Å². The van der Waals surface area contributed by atoms with Crippen LogP contribution in [0.15, 0.2) is 24.3 Å². The number of halogens is 4. The number of nitrogens with one attached hydrogen (secondary N) is 1. The molecule has 0 bridgehead atoms. The van der Waals surface area contributed by atoms with Crippen molar-refractivity contribution >= 4 is 11.6 Å². The predicted octanol–water partition coefficient (Wildman–Crippen LogP) is 3.03. The van der Waals surface area contributed by atoms with Gasteiger partial charge in [-0.3, -0.25) is 0 Å². The molecule has 0 aromatic heterocycles. The van der Waals surface area contributed by atoms with Crippen LogP contribution >= 0.6 is 11.6 Å². The van der Waals surface area contributed by atoms with E-state index in [9.17, 15) is 13.2 Å². The minimum atomic E-state index is -4.23. The van der Waals surface area contributed by atoms with E-state index < -0.39 is 12.2 Å². The minimum Gasteiger partial charge on any atom is -0.309 e. The van der Waals surface area contributed by atoms with Crippen LogP contribution in [0.4, 0.5) is 13.2 Å². The van der Waals surface area contributed by atoms with Crippen LogP contribution in [0.25, 0.3) is 0 Å². The second-order valence-corrected chi connectivity index (χ2v) is 3.65. The van der Waals surface area contributed by atoms with Gasteiger partial charge in [0.15, 0.2) is 0 Å². The molecule has 0 amide bonds. The lowest BCUT2D eigenvalue weighted by atomic mass is 10.1. The maximum atomic E-state index is 12.4. The van der Waals surface area contributed by atoms with Crippen molar-refractivity contribution in [3.8, 4) is 0 Å². The SMILES string of the molecule is CNC(Cc1ccc(Cl)cc1)C(F)(F)F. The molecule has 0 aliphatic carbocycles. The molecule has 1 atom stereocenters. The van der Waals surface area contributed by atoms with Gasteiger partial charge in [-0.2, -0.15) is 13.2 Å². The van der Waals surface area contributed by atoms with Crippen molar-refractivity contribution in [1.29, 1.82) is 0 Å². The Morgan fingerprint density at radius 3 is 2.20 bits per heavy atom. The van der Waals surface area contributed by atoms with Crippen molar-refractivity contribution < 1.29 is 13.2 Å². The van der Waals surface area contributed by atoms with Crippen molar-refractivity contribution in [2.24, 2.45) is 0 Å². The number of likely N-dealkylation sites (N-methyl/N-ethyl adjacent to an activating group) is 1. The molecule has 1 aromatic carbocycles. The van der Waals surface area contributed by atoms with Crippen molar-refractivity contribution in [3.05, 3.63) is 34.9 Å². The number of hydrogen-bond donors (Lipinski definition) is 1. The molecule has 5 heteroatoms. The summed E-state index contributed by atoms with van der Waals surface area (Å²) in [5, 5.41) is 2.77. The molecule has 0 heterocycles. The third-order valence-corrected chi connectivity index (χ3v) is 2.35. The van der Waals surface area contributed by atoms with E-state index in [0.29, 0.717) is 10.6 Å². The molecule has 0 aliphatic rings. The number of hydrogen-bond acceptors (Lipinski definition) is 1. The Morgan fingerprint density at radius 1 is 1.27 bits per heavy atom. The molecule has 1 aromatic rings. The van der Waals surface area contributed by atoms with Crippen LogP contribution in [0.2, 0.25) is 5.02 Å². The molecular weight excluding hydrogens is 227 g/mol. The highest BCUT2D eigenvalue weighted by molar-refractivity contribution is 6.30. The van der Waals surface area contributed by atoms with Crippen LogP contribution in [0.5, 0.6) is 0 Å². The number of rotatable bonds is 3. The molecule has 0 fully saturated rings. The summed E-state index contributed by atoms with van der Waals surface area (Å²) in [6.45, 7) is 0. The summed E-state index contributed by atoms with van der Waals surface area (Å²) in [5.41, 5.74) is 0.607. The van der Waals surface area contributed by atoms with Crippen LogP contribution in [0.3, 0.4) is 0 Å². The second kappa shape index (κ2) is 4.86. The van der Waals surface area contributed by atoms with Crippen molar-refractivity contribution in [3.63, 3.8) is 0 Å². The first-order chi connectivity index (χ1) is 6.93. The minimum absolute atomic E-state index is 0.0861. The zero-order chi connectivity index (χ0) is 11.5. The first-order valence-electron chi connectivity index (χ1n) is 4.42. The predicted molar refractivity (Wildman–Crippen MR) is 54.1 cm³/mol. The van der Waals surface area contributed by atoms with Gasteiger partial charge in [-0.1, -0.05) is 23.7 Å². The second-order valence-electron chi connectivity index (χ2n) is 3.21. The standard InChI is InChI=1S/C10H11ClF3N/c1-15-9(10(12,13)14)6-7-2-4-8(11)5-3-7/h2-5,9,15H,6H2,1H3. The highest BCUT2D eigenvalue weighted by Gasteiger charge is 2.38. The van der Waals surface area contributed by atoms with E-state index in [1.807, 2.05) is 0 Å². The van der Waals surface area contributed by atoms with E-state index in [-0.39, 0.29) is 6.42 Å². The number of alkyl halides is 3. The Balaban J connectivity index is 2.71.